The third kappa shape index (κ3) is 4.09. The van der Waals surface area contributed by atoms with Crippen LogP contribution in [0.1, 0.15) is 5.56 Å². The molecule has 3 aromatic rings. The molecular formula is C19H19F3N4O2. The van der Waals surface area contributed by atoms with Crippen molar-refractivity contribution in [1.29, 1.82) is 0 Å². The first kappa shape index (κ1) is 19.7. The van der Waals surface area contributed by atoms with Crippen LogP contribution in [0, 0.1) is 0 Å². The maximum Gasteiger partial charge on any atom is 0.416 e. The van der Waals surface area contributed by atoms with E-state index >= 15 is 0 Å². The van der Waals surface area contributed by atoms with Crippen LogP contribution in [0.5, 0.6) is 5.75 Å². The monoisotopic (exact) mass is 392 g/mol. The number of nitrogens with one attached hydrogen (secondary N) is 1. The minimum absolute atomic E-state index is 0.0954. The number of rotatable bonds is 6. The van der Waals surface area contributed by atoms with E-state index in [0.717, 1.165) is 17.5 Å². The zero-order chi connectivity index (χ0) is 20.3. The molecule has 9 heteroatoms. The van der Waals surface area contributed by atoms with E-state index < -0.39 is 11.7 Å². The first-order chi connectivity index (χ1) is 13.3. The predicted octanol–water partition coefficient (Wildman–Crippen LogP) is 3.96. The highest BCUT2D eigenvalue weighted by Gasteiger charge is 2.31. The Morgan fingerprint density at radius 3 is 2.54 bits per heavy atom. The van der Waals surface area contributed by atoms with Crippen LogP contribution in [0.3, 0.4) is 0 Å². The average Bonchev–Trinajstić information content (AvgIpc) is 2.66. The number of hydrogen-bond acceptors (Lipinski definition) is 6. The lowest BCUT2D eigenvalue weighted by atomic mass is 10.0. The van der Waals surface area contributed by atoms with Gasteiger partial charge in [-0.2, -0.15) is 18.2 Å². The zero-order valence-electron chi connectivity index (χ0n) is 15.3. The molecule has 0 spiro atoms. The predicted molar refractivity (Wildman–Crippen MR) is 101 cm³/mol. The Morgan fingerprint density at radius 2 is 1.86 bits per heavy atom. The molecule has 0 amide bonds. The largest absolute Gasteiger partial charge is 0.491 e. The van der Waals surface area contributed by atoms with Crippen LogP contribution in [0.4, 0.5) is 24.9 Å². The van der Waals surface area contributed by atoms with Gasteiger partial charge in [0, 0.05) is 25.1 Å². The summed E-state index contributed by atoms with van der Waals surface area (Å²) in [6, 6.07) is 8.69. The lowest BCUT2D eigenvalue weighted by molar-refractivity contribution is -0.137. The van der Waals surface area contributed by atoms with Crippen molar-refractivity contribution >= 4 is 22.7 Å². The van der Waals surface area contributed by atoms with Crippen LogP contribution in [0.25, 0.3) is 22.0 Å². The molecule has 1 aromatic heterocycles. The summed E-state index contributed by atoms with van der Waals surface area (Å²) in [5, 5.41) is 3.69. The third-order valence-corrected chi connectivity index (χ3v) is 4.12. The van der Waals surface area contributed by atoms with Gasteiger partial charge in [0.05, 0.1) is 17.7 Å². The number of halogens is 3. The van der Waals surface area contributed by atoms with E-state index in [1.54, 1.807) is 25.2 Å². The van der Waals surface area contributed by atoms with Gasteiger partial charge in [-0.1, -0.05) is 12.1 Å². The molecule has 6 nitrogen and oxygen atoms in total. The summed E-state index contributed by atoms with van der Waals surface area (Å²) >= 11 is 0. The van der Waals surface area contributed by atoms with Crippen LogP contribution >= 0.6 is 0 Å². The minimum atomic E-state index is -4.47. The van der Waals surface area contributed by atoms with Crippen LogP contribution in [-0.4, -0.2) is 37.3 Å². The van der Waals surface area contributed by atoms with Crippen LogP contribution < -0.4 is 15.8 Å². The molecule has 1 heterocycles. The van der Waals surface area contributed by atoms with Crippen molar-refractivity contribution in [2.45, 2.75) is 6.18 Å². The van der Waals surface area contributed by atoms with E-state index in [1.165, 1.54) is 13.2 Å². The molecule has 0 saturated heterocycles. The average molecular weight is 392 g/mol. The number of ether oxygens (including phenoxy) is 2. The maximum atomic E-state index is 13.1. The van der Waals surface area contributed by atoms with Gasteiger partial charge >= 0.3 is 6.18 Å². The molecule has 0 aliphatic carbocycles. The van der Waals surface area contributed by atoms with Gasteiger partial charge in [-0.15, -0.1) is 0 Å². The van der Waals surface area contributed by atoms with Gasteiger partial charge in [-0.3, -0.25) is 0 Å². The van der Waals surface area contributed by atoms with Gasteiger partial charge in [0.1, 0.15) is 18.2 Å². The summed E-state index contributed by atoms with van der Waals surface area (Å²) in [6.07, 6.45) is -4.47. The van der Waals surface area contributed by atoms with Crippen molar-refractivity contribution in [2.24, 2.45) is 0 Å². The number of hydrogen-bond donors (Lipinski definition) is 2. The van der Waals surface area contributed by atoms with Gasteiger partial charge in [0.2, 0.25) is 5.95 Å². The summed E-state index contributed by atoms with van der Waals surface area (Å²) < 4.78 is 49.8. The Balaban J connectivity index is 2.10. The number of nitrogens with zero attached hydrogens (tertiary/aromatic N) is 2. The van der Waals surface area contributed by atoms with Crippen molar-refractivity contribution in [3.8, 4) is 16.9 Å². The minimum Gasteiger partial charge on any atom is -0.491 e. The van der Waals surface area contributed by atoms with Gasteiger partial charge in [0.25, 0.3) is 0 Å². The van der Waals surface area contributed by atoms with E-state index in [2.05, 4.69) is 15.3 Å². The lowest BCUT2D eigenvalue weighted by Crippen LogP contribution is -2.08. The number of anilines is 2. The molecule has 3 N–H and O–H groups in total. The molecule has 0 radical (unpaired) electrons. The first-order valence-corrected chi connectivity index (χ1v) is 8.42. The Hall–Kier alpha value is -3.07. The summed E-state index contributed by atoms with van der Waals surface area (Å²) in [5.74, 6) is 0.776. The smallest absolute Gasteiger partial charge is 0.416 e. The molecule has 0 aliphatic heterocycles. The first-order valence-electron chi connectivity index (χ1n) is 8.42. The third-order valence-electron chi connectivity index (χ3n) is 4.12. The second-order valence-corrected chi connectivity index (χ2v) is 5.96. The Kier molecular flexibility index (Phi) is 5.55. The van der Waals surface area contributed by atoms with E-state index in [9.17, 15) is 13.2 Å². The Morgan fingerprint density at radius 1 is 1.07 bits per heavy atom. The number of nitrogens with two attached hydrogens (primary N) is 1. The van der Waals surface area contributed by atoms with E-state index in [4.69, 9.17) is 15.2 Å². The van der Waals surface area contributed by atoms with Crippen molar-refractivity contribution < 1.29 is 22.6 Å². The Bertz CT molecular complexity index is 993. The van der Waals surface area contributed by atoms with Crippen molar-refractivity contribution in [3.05, 3.63) is 42.0 Å². The molecule has 0 aliphatic rings. The second kappa shape index (κ2) is 7.89. The highest BCUT2D eigenvalue weighted by Crippen LogP contribution is 2.38. The number of nitrogen functional groups attached to an aromatic ring is 1. The molecule has 0 fully saturated rings. The topological polar surface area (TPSA) is 82.3 Å². The van der Waals surface area contributed by atoms with E-state index in [1.807, 2.05) is 0 Å². The van der Waals surface area contributed by atoms with Crippen LogP contribution in [0.15, 0.2) is 36.4 Å². The SMILES string of the molecule is CNc1nc(N)nc2cc(-c3ccc(C(F)(F)F)cc3OCCOC)ccc12. The molecule has 0 atom stereocenters. The Labute approximate surface area is 159 Å². The number of methoxy groups -OCH3 is 1. The van der Waals surface area contributed by atoms with Crippen LogP contribution in [0.2, 0.25) is 0 Å². The van der Waals surface area contributed by atoms with Gasteiger partial charge < -0.3 is 20.5 Å². The summed E-state index contributed by atoms with van der Waals surface area (Å²) in [6.45, 7) is 0.375. The van der Waals surface area contributed by atoms with Crippen molar-refractivity contribution in [2.75, 3.05) is 38.4 Å². The molecule has 0 saturated carbocycles. The maximum absolute atomic E-state index is 13.1. The van der Waals surface area contributed by atoms with Crippen molar-refractivity contribution in [3.63, 3.8) is 0 Å². The normalized spacial score (nSPS) is 11.6. The zero-order valence-corrected chi connectivity index (χ0v) is 15.3. The fourth-order valence-electron chi connectivity index (χ4n) is 2.80. The fraction of sp³-hybridized carbons (Fsp3) is 0.263. The van der Waals surface area contributed by atoms with Crippen molar-refractivity contribution in [1.82, 2.24) is 9.97 Å². The second-order valence-electron chi connectivity index (χ2n) is 5.96. The molecule has 0 bridgehead atoms. The highest BCUT2D eigenvalue weighted by molar-refractivity contribution is 5.93. The molecule has 148 valence electrons. The molecule has 2 aromatic carbocycles. The lowest BCUT2D eigenvalue weighted by Gasteiger charge is -2.15. The summed E-state index contributed by atoms with van der Waals surface area (Å²) in [4.78, 5) is 8.34. The van der Waals surface area contributed by atoms with Gasteiger partial charge in [-0.25, -0.2) is 4.98 Å². The fourth-order valence-corrected chi connectivity index (χ4v) is 2.80. The summed E-state index contributed by atoms with van der Waals surface area (Å²) in [7, 11) is 3.20. The van der Waals surface area contributed by atoms with Gasteiger partial charge in [-0.05, 0) is 29.8 Å². The molecule has 28 heavy (non-hydrogen) atoms. The summed E-state index contributed by atoms with van der Waals surface area (Å²) in [5.41, 5.74) is 6.68. The van der Waals surface area contributed by atoms with E-state index in [-0.39, 0.29) is 24.9 Å². The number of fused-ring (bicyclic) bond motifs is 1. The van der Waals surface area contributed by atoms with Gasteiger partial charge in [0.15, 0.2) is 0 Å². The quantitative estimate of drug-likeness (QED) is 0.618. The van der Waals surface area contributed by atoms with E-state index in [0.29, 0.717) is 22.5 Å². The molecular weight excluding hydrogens is 373 g/mol. The number of alkyl halides is 3. The van der Waals surface area contributed by atoms with Crippen LogP contribution in [-0.2, 0) is 10.9 Å². The number of benzene rings is 2. The highest BCUT2D eigenvalue weighted by atomic mass is 19.4. The number of aromatic nitrogens is 2. The molecule has 3 rings (SSSR count). The standard InChI is InChI=1S/C19H19F3N4O2/c1-24-17-14-5-3-11(9-15(14)25-18(23)26-17)13-6-4-12(19(20,21)22)10-16(13)28-8-7-27-2/h3-6,9-10H,7-8H2,1-2H3,(H3,23,24,25,26). The molecule has 0 unspecified atom stereocenters.